The fraction of sp³-hybridized carbons (Fsp3) is 0.375. The smallest absolute Gasteiger partial charge is 0.407 e. The van der Waals surface area contributed by atoms with Crippen molar-refractivity contribution >= 4 is 18.0 Å². The van der Waals surface area contributed by atoms with Crippen LogP contribution >= 0.6 is 0 Å². The standard InChI is InChI=1S/C24H25F3N2O5/c1-14(22(31)32)10-11-28-21(30)20(24(25,26)27)12-29-23(33)34-13-19-17-8-4-2-6-15(17)16-7-3-5-9-18(16)19/h2-9,14,19-20H,10-13H2,1H3,(H,28,30)(H,29,33)(H,31,32). The second-order valence-electron chi connectivity index (χ2n) is 8.12. The Labute approximate surface area is 194 Å². The van der Waals surface area contributed by atoms with Crippen LogP contribution in [-0.2, 0) is 14.3 Å². The van der Waals surface area contributed by atoms with Crippen molar-refractivity contribution in [3.8, 4) is 11.1 Å². The summed E-state index contributed by atoms with van der Waals surface area (Å²) in [5, 5.41) is 12.9. The number of hydrogen-bond donors (Lipinski definition) is 3. The molecule has 1 aliphatic rings. The molecule has 0 fully saturated rings. The molecule has 0 saturated carbocycles. The Morgan fingerprint density at radius 1 is 1.00 bits per heavy atom. The third kappa shape index (κ3) is 5.86. The second-order valence-corrected chi connectivity index (χ2v) is 8.12. The number of ether oxygens (including phenoxy) is 1. The van der Waals surface area contributed by atoms with E-state index < -0.39 is 42.5 Å². The summed E-state index contributed by atoms with van der Waals surface area (Å²) in [4.78, 5) is 35.0. The van der Waals surface area contributed by atoms with Crippen LogP contribution in [0.3, 0.4) is 0 Å². The minimum atomic E-state index is -4.90. The largest absolute Gasteiger partial charge is 0.481 e. The highest BCUT2D eigenvalue weighted by Crippen LogP contribution is 2.44. The van der Waals surface area contributed by atoms with Gasteiger partial charge in [-0.25, -0.2) is 4.79 Å². The monoisotopic (exact) mass is 478 g/mol. The minimum absolute atomic E-state index is 0.0224. The summed E-state index contributed by atoms with van der Waals surface area (Å²) in [5.41, 5.74) is 3.94. The molecule has 34 heavy (non-hydrogen) atoms. The molecule has 0 saturated heterocycles. The minimum Gasteiger partial charge on any atom is -0.481 e. The number of hydrogen-bond acceptors (Lipinski definition) is 4. The molecule has 3 rings (SSSR count). The molecule has 3 N–H and O–H groups in total. The van der Waals surface area contributed by atoms with E-state index in [9.17, 15) is 27.6 Å². The molecular formula is C24H25F3N2O5. The van der Waals surface area contributed by atoms with Gasteiger partial charge in [-0.2, -0.15) is 13.2 Å². The normalized spacial score (nSPS) is 14.5. The van der Waals surface area contributed by atoms with Gasteiger partial charge in [0, 0.05) is 19.0 Å². The van der Waals surface area contributed by atoms with Crippen LogP contribution < -0.4 is 10.6 Å². The van der Waals surface area contributed by atoms with Crippen LogP contribution in [-0.4, -0.2) is 48.9 Å². The van der Waals surface area contributed by atoms with E-state index in [1.165, 1.54) is 6.92 Å². The molecule has 0 aliphatic heterocycles. The van der Waals surface area contributed by atoms with E-state index in [4.69, 9.17) is 9.84 Å². The third-order valence-electron chi connectivity index (χ3n) is 5.80. The first kappa shape index (κ1) is 25.1. The molecule has 10 heteroatoms. The van der Waals surface area contributed by atoms with E-state index in [0.717, 1.165) is 22.3 Å². The van der Waals surface area contributed by atoms with Crippen LogP contribution in [0.25, 0.3) is 11.1 Å². The van der Waals surface area contributed by atoms with Crippen molar-refractivity contribution < 1.29 is 37.4 Å². The van der Waals surface area contributed by atoms with E-state index in [0.29, 0.717) is 0 Å². The first-order chi connectivity index (χ1) is 16.1. The van der Waals surface area contributed by atoms with Gasteiger partial charge in [-0.15, -0.1) is 0 Å². The molecule has 0 bridgehead atoms. The fourth-order valence-electron chi connectivity index (χ4n) is 3.85. The number of carbonyl (C=O) groups excluding carboxylic acids is 2. The average Bonchev–Trinajstić information content (AvgIpc) is 3.10. The summed E-state index contributed by atoms with van der Waals surface area (Å²) in [5.74, 6) is -6.02. The number of carboxylic acid groups (broad SMARTS) is 1. The number of amides is 2. The maximum Gasteiger partial charge on any atom is 0.407 e. The van der Waals surface area contributed by atoms with Crippen LogP contribution in [0.4, 0.5) is 18.0 Å². The van der Waals surface area contributed by atoms with Crippen molar-refractivity contribution in [1.29, 1.82) is 0 Å². The van der Waals surface area contributed by atoms with E-state index in [1.807, 2.05) is 53.8 Å². The first-order valence-corrected chi connectivity index (χ1v) is 10.8. The van der Waals surface area contributed by atoms with Crippen LogP contribution in [0, 0.1) is 11.8 Å². The maximum atomic E-state index is 13.4. The van der Waals surface area contributed by atoms with E-state index in [1.54, 1.807) is 0 Å². The van der Waals surface area contributed by atoms with Crippen LogP contribution in [0.2, 0.25) is 0 Å². The number of carbonyl (C=O) groups is 3. The number of fused-ring (bicyclic) bond motifs is 3. The molecule has 2 unspecified atom stereocenters. The number of aliphatic carboxylic acids is 1. The van der Waals surface area contributed by atoms with Crippen molar-refractivity contribution in [2.75, 3.05) is 19.7 Å². The van der Waals surface area contributed by atoms with Gasteiger partial charge in [0.15, 0.2) is 5.92 Å². The summed E-state index contributed by atoms with van der Waals surface area (Å²) < 4.78 is 45.3. The van der Waals surface area contributed by atoms with Crippen LogP contribution in [0.5, 0.6) is 0 Å². The Kier molecular flexibility index (Phi) is 7.80. The number of alkyl halides is 3. The second kappa shape index (κ2) is 10.6. The summed E-state index contributed by atoms with van der Waals surface area (Å²) in [6.07, 6.45) is -5.99. The van der Waals surface area contributed by atoms with Crippen molar-refractivity contribution in [2.45, 2.75) is 25.4 Å². The Bertz CT molecular complexity index is 1010. The molecule has 7 nitrogen and oxygen atoms in total. The van der Waals surface area contributed by atoms with E-state index >= 15 is 0 Å². The molecule has 0 radical (unpaired) electrons. The molecule has 0 spiro atoms. The van der Waals surface area contributed by atoms with Crippen molar-refractivity contribution in [3.63, 3.8) is 0 Å². The molecular weight excluding hydrogens is 453 g/mol. The lowest BCUT2D eigenvalue weighted by Gasteiger charge is -2.21. The van der Waals surface area contributed by atoms with Gasteiger partial charge in [-0.05, 0) is 28.7 Å². The molecule has 2 amide bonds. The molecule has 2 aromatic rings. The molecule has 0 aromatic heterocycles. The zero-order valence-corrected chi connectivity index (χ0v) is 18.4. The van der Waals surface area contributed by atoms with Crippen molar-refractivity contribution in [1.82, 2.24) is 10.6 Å². The van der Waals surface area contributed by atoms with Gasteiger partial charge in [-0.1, -0.05) is 55.5 Å². The van der Waals surface area contributed by atoms with E-state index in [-0.39, 0.29) is 25.5 Å². The summed E-state index contributed by atoms with van der Waals surface area (Å²) in [6.45, 7) is 0.0779. The maximum absolute atomic E-state index is 13.4. The zero-order chi connectivity index (χ0) is 24.9. The number of rotatable bonds is 9. The topological polar surface area (TPSA) is 105 Å². The lowest BCUT2D eigenvalue weighted by Crippen LogP contribution is -2.46. The van der Waals surface area contributed by atoms with Gasteiger partial charge < -0.3 is 20.5 Å². The molecule has 182 valence electrons. The lowest BCUT2D eigenvalue weighted by atomic mass is 9.98. The predicted molar refractivity (Wildman–Crippen MR) is 117 cm³/mol. The molecule has 1 aliphatic carbocycles. The van der Waals surface area contributed by atoms with Gasteiger partial charge in [-0.3, -0.25) is 9.59 Å². The highest BCUT2D eigenvalue weighted by atomic mass is 19.4. The highest BCUT2D eigenvalue weighted by molar-refractivity contribution is 5.81. The predicted octanol–water partition coefficient (Wildman–Crippen LogP) is 3.93. The van der Waals surface area contributed by atoms with Gasteiger partial charge in [0.1, 0.15) is 6.61 Å². The Morgan fingerprint density at radius 2 is 1.56 bits per heavy atom. The highest BCUT2D eigenvalue weighted by Gasteiger charge is 2.45. The molecule has 0 heterocycles. The number of carboxylic acids is 1. The van der Waals surface area contributed by atoms with E-state index in [2.05, 4.69) is 5.32 Å². The van der Waals surface area contributed by atoms with Gasteiger partial charge in [0.25, 0.3) is 0 Å². The van der Waals surface area contributed by atoms with Crippen molar-refractivity contribution in [3.05, 3.63) is 59.7 Å². The van der Waals surface area contributed by atoms with Crippen LogP contribution in [0.15, 0.2) is 48.5 Å². The number of halogens is 3. The zero-order valence-electron chi connectivity index (χ0n) is 18.4. The summed E-state index contributed by atoms with van der Waals surface area (Å²) in [7, 11) is 0. The SMILES string of the molecule is CC(CCNC(=O)C(CNC(=O)OCC1c2ccccc2-c2ccccc21)C(F)(F)F)C(=O)O. The Balaban J connectivity index is 1.55. The Hall–Kier alpha value is -3.56. The number of nitrogens with one attached hydrogen (secondary N) is 2. The fourth-order valence-corrected chi connectivity index (χ4v) is 3.85. The third-order valence-corrected chi connectivity index (χ3v) is 5.80. The van der Waals surface area contributed by atoms with Gasteiger partial charge >= 0.3 is 18.2 Å². The van der Waals surface area contributed by atoms with Gasteiger partial charge in [0.2, 0.25) is 5.91 Å². The number of alkyl carbamates (subject to hydrolysis) is 1. The lowest BCUT2D eigenvalue weighted by molar-refractivity contribution is -0.181. The quantitative estimate of drug-likeness (QED) is 0.507. The molecule has 2 aromatic carbocycles. The summed E-state index contributed by atoms with van der Waals surface area (Å²) in [6, 6.07) is 15.3. The number of benzene rings is 2. The first-order valence-electron chi connectivity index (χ1n) is 10.8. The van der Waals surface area contributed by atoms with Crippen molar-refractivity contribution in [2.24, 2.45) is 11.8 Å². The summed E-state index contributed by atoms with van der Waals surface area (Å²) >= 11 is 0. The van der Waals surface area contributed by atoms with Crippen LogP contribution in [0.1, 0.15) is 30.4 Å². The Morgan fingerprint density at radius 3 is 2.09 bits per heavy atom. The molecule has 2 atom stereocenters. The van der Waals surface area contributed by atoms with Gasteiger partial charge in [0.05, 0.1) is 5.92 Å². The average molecular weight is 478 g/mol.